The number of methoxy groups -OCH3 is 1. The van der Waals surface area contributed by atoms with E-state index >= 15 is 0 Å². The SMILES string of the molecule is COc1nc2nc(C)nc(N[C@H](C)c3cccc(C)c3C)c2cc1C1CCS(=O)(=O)CC1. The summed E-state index contributed by atoms with van der Waals surface area (Å²) in [6.45, 7) is 8.21. The van der Waals surface area contributed by atoms with Crippen molar-refractivity contribution in [2.24, 2.45) is 0 Å². The Morgan fingerprint density at radius 1 is 1.09 bits per heavy atom. The van der Waals surface area contributed by atoms with Gasteiger partial charge in [0.05, 0.1) is 30.0 Å². The molecule has 2 aromatic heterocycles. The zero-order chi connectivity index (χ0) is 23.0. The summed E-state index contributed by atoms with van der Waals surface area (Å²) in [7, 11) is -1.36. The molecular formula is C24H30N4O3S. The molecule has 1 atom stereocenters. The fourth-order valence-corrected chi connectivity index (χ4v) is 5.95. The highest BCUT2D eigenvalue weighted by atomic mass is 32.2. The lowest BCUT2D eigenvalue weighted by molar-refractivity contribution is 0.387. The third-order valence-electron chi connectivity index (χ3n) is 6.45. The molecule has 0 radical (unpaired) electrons. The number of anilines is 1. The lowest BCUT2D eigenvalue weighted by Crippen LogP contribution is -2.22. The minimum absolute atomic E-state index is 0.0396. The van der Waals surface area contributed by atoms with Crippen molar-refractivity contribution in [2.45, 2.75) is 52.5 Å². The monoisotopic (exact) mass is 454 g/mol. The van der Waals surface area contributed by atoms with Gasteiger partial charge in [-0.15, -0.1) is 0 Å². The molecule has 0 spiro atoms. The molecule has 0 amide bonds. The molecule has 0 bridgehead atoms. The van der Waals surface area contributed by atoms with Gasteiger partial charge >= 0.3 is 0 Å². The fourth-order valence-electron chi connectivity index (χ4n) is 4.46. The Hall–Kier alpha value is -2.74. The summed E-state index contributed by atoms with van der Waals surface area (Å²) in [6.07, 6.45) is 1.14. The number of aromatic nitrogens is 3. The van der Waals surface area contributed by atoms with Crippen LogP contribution in [0.5, 0.6) is 5.88 Å². The minimum Gasteiger partial charge on any atom is -0.481 e. The standard InChI is InChI=1S/C24H30N4O3S/c1-14-7-6-8-19(15(14)2)16(3)25-22-21-13-20(18-9-11-32(29,30)12-10-18)24(31-5)28-23(21)27-17(4)26-22/h6-8,13,16,18H,9-12H2,1-5H3,(H,25,26,27,28)/t16-/m1/s1. The normalized spacial score (nSPS) is 17.3. The molecule has 3 heterocycles. The van der Waals surface area contributed by atoms with Gasteiger partial charge in [-0.2, -0.15) is 4.98 Å². The van der Waals surface area contributed by atoms with Crippen LogP contribution < -0.4 is 10.1 Å². The first kappa shape index (κ1) is 22.5. The average molecular weight is 455 g/mol. The van der Waals surface area contributed by atoms with E-state index in [1.807, 2.05) is 13.0 Å². The Labute approximate surface area is 189 Å². The zero-order valence-electron chi connectivity index (χ0n) is 19.3. The van der Waals surface area contributed by atoms with E-state index in [1.165, 1.54) is 16.7 Å². The Morgan fingerprint density at radius 2 is 1.81 bits per heavy atom. The molecule has 8 heteroatoms. The molecule has 1 aromatic carbocycles. The molecular weight excluding hydrogens is 424 g/mol. The molecule has 0 unspecified atom stereocenters. The molecule has 1 fully saturated rings. The second kappa shape index (κ2) is 8.65. The van der Waals surface area contributed by atoms with E-state index in [0.29, 0.717) is 30.2 Å². The first-order valence-electron chi connectivity index (χ1n) is 10.9. The highest BCUT2D eigenvalue weighted by molar-refractivity contribution is 7.91. The predicted molar refractivity (Wildman–Crippen MR) is 127 cm³/mol. The first-order valence-corrected chi connectivity index (χ1v) is 12.8. The van der Waals surface area contributed by atoms with Crippen LogP contribution in [0.3, 0.4) is 0 Å². The molecule has 7 nitrogen and oxygen atoms in total. The van der Waals surface area contributed by atoms with Crippen LogP contribution >= 0.6 is 0 Å². The summed E-state index contributed by atoms with van der Waals surface area (Å²) < 4.78 is 29.4. The zero-order valence-corrected chi connectivity index (χ0v) is 20.1. The highest BCUT2D eigenvalue weighted by Crippen LogP contribution is 2.37. The molecule has 0 saturated carbocycles. The van der Waals surface area contributed by atoms with Crippen molar-refractivity contribution in [2.75, 3.05) is 23.9 Å². The Bertz CT molecular complexity index is 1260. The summed E-state index contributed by atoms with van der Waals surface area (Å²) in [6, 6.07) is 8.38. The van der Waals surface area contributed by atoms with Crippen LogP contribution in [-0.4, -0.2) is 42.0 Å². The lowest BCUT2D eigenvalue weighted by atomic mass is 9.93. The van der Waals surface area contributed by atoms with E-state index in [4.69, 9.17) is 4.74 Å². The molecule has 3 aromatic rings. The Morgan fingerprint density at radius 3 is 2.50 bits per heavy atom. The topological polar surface area (TPSA) is 94.1 Å². The van der Waals surface area contributed by atoms with Gasteiger partial charge in [0, 0.05) is 5.56 Å². The maximum atomic E-state index is 11.9. The summed E-state index contributed by atoms with van der Waals surface area (Å²) in [5.74, 6) is 2.32. The van der Waals surface area contributed by atoms with Crippen LogP contribution in [0.2, 0.25) is 0 Å². The maximum Gasteiger partial charge on any atom is 0.218 e. The second-order valence-electron chi connectivity index (χ2n) is 8.66. The second-order valence-corrected chi connectivity index (χ2v) is 11.0. The van der Waals surface area contributed by atoms with Gasteiger partial charge in [-0.05, 0) is 69.2 Å². The van der Waals surface area contributed by atoms with Crippen molar-refractivity contribution in [3.05, 3.63) is 52.3 Å². The molecule has 0 aliphatic carbocycles. The fraction of sp³-hybridized carbons (Fsp3) is 0.458. The quantitative estimate of drug-likeness (QED) is 0.610. The molecule has 4 rings (SSSR count). The largest absolute Gasteiger partial charge is 0.481 e. The number of nitrogens with one attached hydrogen (secondary N) is 1. The van der Waals surface area contributed by atoms with E-state index in [1.54, 1.807) is 7.11 Å². The van der Waals surface area contributed by atoms with Gasteiger partial charge in [0.2, 0.25) is 5.88 Å². The van der Waals surface area contributed by atoms with Crippen LogP contribution in [0.4, 0.5) is 5.82 Å². The van der Waals surface area contributed by atoms with Gasteiger partial charge in [-0.25, -0.2) is 18.4 Å². The molecule has 32 heavy (non-hydrogen) atoms. The summed E-state index contributed by atoms with van der Waals surface area (Å²) in [4.78, 5) is 13.9. The summed E-state index contributed by atoms with van der Waals surface area (Å²) in [5.41, 5.74) is 5.21. The molecule has 1 saturated heterocycles. The van der Waals surface area contributed by atoms with Crippen LogP contribution in [0.15, 0.2) is 24.3 Å². The van der Waals surface area contributed by atoms with Gasteiger partial charge in [0.25, 0.3) is 0 Å². The number of rotatable bonds is 5. The number of sulfone groups is 1. The van der Waals surface area contributed by atoms with Gasteiger partial charge < -0.3 is 10.1 Å². The first-order chi connectivity index (χ1) is 15.2. The van der Waals surface area contributed by atoms with Gasteiger partial charge in [0.15, 0.2) is 5.65 Å². The minimum atomic E-state index is -2.95. The number of fused-ring (bicyclic) bond motifs is 1. The van der Waals surface area contributed by atoms with Crippen molar-refractivity contribution in [3.8, 4) is 5.88 Å². The summed E-state index contributed by atoms with van der Waals surface area (Å²) in [5, 5.41) is 4.38. The highest BCUT2D eigenvalue weighted by Gasteiger charge is 2.28. The van der Waals surface area contributed by atoms with Crippen molar-refractivity contribution >= 4 is 26.7 Å². The van der Waals surface area contributed by atoms with E-state index < -0.39 is 9.84 Å². The van der Waals surface area contributed by atoms with Crippen LogP contribution in [0.25, 0.3) is 11.0 Å². The number of hydrogen-bond donors (Lipinski definition) is 1. The maximum absolute atomic E-state index is 11.9. The third-order valence-corrected chi connectivity index (χ3v) is 8.16. The van der Waals surface area contributed by atoms with Crippen LogP contribution in [0.1, 0.15) is 59.8 Å². The van der Waals surface area contributed by atoms with E-state index in [9.17, 15) is 8.42 Å². The smallest absolute Gasteiger partial charge is 0.218 e. The average Bonchev–Trinajstić information content (AvgIpc) is 2.74. The van der Waals surface area contributed by atoms with Crippen molar-refractivity contribution < 1.29 is 13.2 Å². The van der Waals surface area contributed by atoms with Crippen LogP contribution in [-0.2, 0) is 9.84 Å². The van der Waals surface area contributed by atoms with Crippen LogP contribution in [0, 0.1) is 20.8 Å². The van der Waals surface area contributed by atoms with Crippen molar-refractivity contribution in [1.29, 1.82) is 0 Å². The van der Waals surface area contributed by atoms with E-state index in [2.05, 4.69) is 59.2 Å². The predicted octanol–water partition coefficient (Wildman–Crippen LogP) is 4.42. The van der Waals surface area contributed by atoms with Crippen molar-refractivity contribution in [1.82, 2.24) is 15.0 Å². The lowest BCUT2D eigenvalue weighted by Gasteiger charge is -2.24. The molecule has 1 aliphatic heterocycles. The van der Waals surface area contributed by atoms with Gasteiger partial charge in [-0.1, -0.05) is 18.2 Å². The number of pyridine rings is 1. The number of nitrogens with zero attached hydrogens (tertiary/aromatic N) is 3. The third kappa shape index (κ3) is 4.41. The number of aryl methyl sites for hydroxylation is 2. The Kier molecular flexibility index (Phi) is 6.07. The van der Waals surface area contributed by atoms with E-state index in [0.717, 1.165) is 16.8 Å². The van der Waals surface area contributed by atoms with Gasteiger partial charge in [0.1, 0.15) is 21.5 Å². The summed E-state index contributed by atoms with van der Waals surface area (Å²) >= 11 is 0. The number of benzene rings is 1. The molecule has 1 N–H and O–H groups in total. The van der Waals surface area contributed by atoms with Gasteiger partial charge in [-0.3, -0.25) is 0 Å². The number of hydrogen-bond acceptors (Lipinski definition) is 7. The molecule has 170 valence electrons. The Balaban J connectivity index is 1.76. The van der Waals surface area contributed by atoms with Crippen molar-refractivity contribution in [3.63, 3.8) is 0 Å². The molecule has 1 aliphatic rings. The number of ether oxygens (including phenoxy) is 1. The van der Waals surface area contributed by atoms with E-state index in [-0.39, 0.29) is 23.5 Å².